The van der Waals surface area contributed by atoms with Gasteiger partial charge in [-0.1, -0.05) is 6.07 Å². The maximum atomic E-state index is 9.60. The Balaban J connectivity index is 1.65. The van der Waals surface area contributed by atoms with Gasteiger partial charge in [0.1, 0.15) is 0 Å². The number of hydrogen-bond donors (Lipinski definition) is 5. The van der Waals surface area contributed by atoms with Crippen molar-refractivity contribution in [2.75, 3.05) is 0 Å². The van der Waals surface area contributed by atoms with Crippen LogP contribution in [0.5, 0.6) is 23.0 Å². The zero-order valence-electron chi connectivity index (χ0n) is 12.1. The molecule has 2 aromatic carbocycles. The van der Waals surface area contributed by atoms with Crippen LogP contribution in [0.15, 0.2) is 30.3 Å². The summed E-state index contributed by atoms with van der Waals surface area (Å²) in [5.41, 5.74) is 3.03. The van der Waals surface area contributed by atoms with E-state index in [9.17, 15) is 20.4 Å². The summed E-state index contributed by atoms with van der Waals surface area (Å²) in [5, 5.41) is 41.4. The quantitative estimate of drug-likeness (QED) is 0.560. The lowest BCUT2D eigenvalue weighted by atomic mass is 9.88. The lowest BCUT2D eigenvalue weighted by Gasteiger charge is -2.26. The Morgan fingerprint density at radius 1 is 0.864 bits per heavy atom. The SMILES string of the molecule is Oc1ccc(CN[C@H]2CCc3cc(O)c(O)cc3C2)cc1O. The van der Waals surface area contributed by atoms with Gasteiger partial charge in [0.25, 0.3) is 0 Å². The van der Waals surface area contributed by atoms with Gasteiger partial charge < -0.3 is 25.7 Å². The van der Waals surface area contributed by atoms with Crippen molar-refractivity contribution in [3.8, 4) is 23.0 Å². The molecule has 3 rings (SSSR count). The zero-order chi connectivity index (χ0) is 15.7. The van der Waals surface area contributed by atoms with Gasteiger partial charge in [-0.3, -0.25) is 0 Å². The molecule has 1 atom stereocenters. The largest absolute Gasteiger partial charge is 0.504 e. The van der Waals surface area contributed by atoms with E-state index in [1.165, 1.54) is 6.07 Å². The summed E-state index contributed by atoms with van der Waals surface area (Å²) in [6.45, 7) is 0.595. The topological polar surface area (TPSA) is 93.0 Å². The van der Waals surface area contributed by atoms with E-state index in [0.717, 1.165) is 36.0 Å². The second-order valence-corrected chi connectivity index (χ2v) is 5.75. The minimum absolute atomic E-state index is 0.0651. The summed E-state index contributed by atoms with van der Waals surface area (Å²) in [6, 6.07) is 8.33. The molecule has 0 saturated heterocycles. The van der Waals surface area contributed by atoms with Gasteiger partial charge in [-0.25, -0.2) is 0 Å². The predicted molar refractivity (Wildman–Crippen MR) is 82.2 cm³/mol. The van der Waals surface area contributed by atoms with E-state index in [-0.39, 0.29) is 29.0 Å². The predicted octanol–water partition coefficient (Wildman–Crippen LogP) is 2.16. The fourth-order valence-corrected chi connectivity index (χ4v) is 2.90. The van der Waals surface area contributed by atoms with Crippen LogP contribution in [0, 0.1) is 0 Å². The third-order valence-corrected chi connectivity index (χ3v) is 4.16. The van der Waals surface area contributed by atoms with E-state index < -0.39 is 0 Å². The molecule has 0 unspecified atom stereocenters. The van der Waals surface area contributed by atoms with E-state index in [4.69, 9.17) is 0 Å². The first-order valence-corrected chi connectivity index (χ1v) is 7.31. The summed E-state index contributed by atoms with van der Waals surface area (Å²) in [5.74, 6) is -0.383. The molecule has 0 aliphatic heterocycles. The zero-order valence-corrected chi connectivity index (χ0v) is 12.1. The standard InChI is InChI=1S/C17H19NO4/c19-14-4-1-10(5-15(14)20)9-18-13-3-2-11-7-16(21)17(22)8-12(11)6-13/h1,4-5,7-8,13,18-22H,2-3,6,9H2/t13-/m0/s1. The van der Waals surface area contributed by atoms with Crippen molar-refractivity contribution < 1.29 is 20.4 Å². The van der Waals surface area contributed by atoms with Crippen LogP contribution in [0.25, 0.3) is 0 Å². The maximum Gasteiger partial charge on any atom is 0.157 e. The van der Waals surface area contributed by atoms with Crippen molar-refractivity contribution in [3.05, 3.63) is 47.0 Å². The first-order valence-electron chi connectivity index (χ1n) is 7.31. The molecule has 2 aromatic rings. The highest BCUT2D eigenvalue weighted by atomic mass is 16.3. The lowest BCUT2D eigenvalue weighted by Crippen LogP contribution is -2.34. The summed E-state index contributed by atoms with van der Waals surface area (Å²) in [7, 11) is 0. The maximum absolute atomic E-state index is 9.60. The molecule has 0 spiro atoms. The average Bonchev–Trinajstić information content (AvgIpc) is 2.50. The van der Waals surface area contributed by atoms with Gasteiger partial charge in [0.15, 0.2) is 23.0 Å². The second-order valence-electron chi connectivity index (χ2n) is 5.75. The number of rotatable bonds is 3. The Morgan fingerprint density at radius 3 is 2.27 bits per heavy atom. The number of fused-ring (bicyclic) bond motifs is 1. The first-order chi connectivity index (χ1) is 10.5. The molecule has 1 aliphatic rings. The third-order valence-electron chi connectivity index (χ3n) is 4.16. The minimum atomic E-state index is -0.120. The minimum Gasteiger partial charge on any atom is -0.504 e. The van der Waals surface area contributed by atoms with E-state index in [2.05, 4.69) is 5.32 Å². The molecule has 0 saturated carbocycles. The average molecular weight is 301 g/mol. The summed E-state index contributed by atoms with van der Waals surface area (Å²) in [4.78, 5) is 0. The Kier molecular flexibility index (Phi) is 3.81. The van der Waals surface area contributed by atoms with Crippen LogP contribution in [-0.2, 0) is 19.4 Å². The van der Waals surface area contributed by atoms with Gasteiger partial charge in [0, 0.05) is 12.6 Å². The van der Waals surface area contributed by atoms with Gasteiger partial charge in [0.05, 0.1) is 0 Å². The van der Waals surface area contributed by atoms with Gasteiger partial charge >= 0.3 is 0 Å². The highest BCUT2D eigenvalue weighted by molar-refractivity contribution is 5.47. The molecule has 1 aliphatic carbocycles. The molecule has 0 amide bonds. The molecular weight excluding hydrogens is 282 g/mol. The van der Waals surface area contributed by atoms with Crippen molar-refractivity contribution in [2.45, 2.75) is 31.8 Å². The van der Waals surface area contributed by atoms with E-state index >= 15 is 0 Å². The van der Waals surface area contributed by atoms with Crippen LogP contribution in [0.4, 0.5) is 0 Å². The van der Waals surface area contributed by atoms with Gasteiger partial charge in [-0.15, -0.1) is 0 Å². The number of phenols is 4. The van der Waals surface area contributed by atoms with Crippen molar-refractivity contribution in [3.63, 3.8) is 0 Å². The molecule has 5 nitrogen and oxygen atoms in total. The molecule has 0 radical (unpaired) electrons. The van der Waals surface area contributed by atoms with E-state index in [0.29, 0.717) is 6.54 Å². The van der Waals surface area contributed by atoms with Crippen molar-refractivity contribution in [1.29, 1.82) is 0 Å². The highest BCUT2D eigenvalue weighted by Crippen LogP contribution is 2.32. The van der Waals surface area contributed by atoms with Crippen LogP contribution in [0.3, 0.4) is 0 Å². The van der Waals surface area contributed by atoms with Crippen LogP contribution in [0.2, 0.25) is 0 Å². The number of aryl methyl sites for hydroxylation is 1. The normalized spacial score (nSPS) is 17.2. The van der Waals surface area contributed by atoms with Crippen molar-refractivity contribution >= 4 is 0 Å². The molecule has 0 heterocycles. The first kappa shape index (κ1) is 14.5. The fourth-order valence-electron chi connectivity index (χ4n) is 2.90. The van der Waals surface area contributed by atoms with Crippen LogP contribution in [-0.4, -0.2) is 26.5 Å². The van der Waals surface area contributed by atoms with Gasteiger partial charge in [-0.2, -0.15) is 0 Å². The van der Waals surface area contributed by atoms with Crippen molar-refractivity contribution in [2.24, 2.45) is 0 Å². The van der Waals surface area contributed by atoms with Gasteiger partial charge in [-0.05, 0) is 60.2 Å². The van der Waals surface area contributed by atoms with Crippen molar-refractivity contribution in [1.82, 2.24) is 5.32 Å². The van der Waals surface area contributed by atoms with E-state index in [1.54, 1.807) is 24.3 Å². The summed E-state index contributed by atoms with van der Waals surface area (Å²) in [6.07, 6.45) is 2.58. The summed E-state index contributed by atoms with van der Waals surface area (Å²) < 4.78 is 0. The smallest absolute Gasteiger partial charge is 0.157 e. The Labute approximate surface area is 128 Å². The number of benzene rings is 2. The van der Waals surface area contributed by atoms with Gasteiger partial charge in [0.2, 0.25) is 0 Å². The van der Waals surface area contributed by atoms with Crippen LogP contribution >= 0.6 is 0 Å². The fraction of sp³-hybridized carbons (Fsp3) is 0.294. The third kappa shape index (κ3) is 2.94. The van der Waals surface area contributed by atoms with Crippen LogP contribution in [0.1, 0.15) is 23.1 Å². The molecule has 0 fully saturated rings. The molecule has 5 N–H and O–H groups in total. The molecular formula is C17H19NO4. The second kappa shape index (κ2) is 5.77. The lowest BCUT2D eigenvalue weighted by molar-refractivity contribution is 0.397. The Bertz CT molecular complexity index is 699. The molecule has 22 heavy (non-hydrogen) atoms. The Hall–Kier alpha value is -2.40. The molecule has 0 aromatic heterocycles. The number of aromatic hydroxyl groups is 4. The molecule has 0 bridgehead atoms. The Morgan fingerprint density at radius 2 is 1.55 bits per heavy atom. The highest BCUT2D eigenvalue weighted by Gasteiger charge is 2.20. The number of phenolic OH excluding ortho intramolecular Hbond substituents is 4. The summed E-state index contributed by atoms with van der Waals surface area (Å²) >= 11 is 0. The van der Waals surface area contributed by atoms with E-state index in [1.807, 2.05) is 0 Å². The van der Waals surface area contributed by atoms with Crippen LogP contribution < -0.4 is 5.32 Å². The molecule has 5 heteroatoms. The number of nitrogens with one attached hydrogen (secondary N) is 1. The number of hydrogen-bond acceptors (Lipinski definition) is 5. The monoisotopic (exact) mass is 301 g/mol. The molecule has 116 valence electrons.